The van der Waals surface area contributed by atoms with Crippen molar-refractivity contribution < 1.29 is 18.3 Å². The summed E-state index contributed by atoms with van der Waals surface area (Å²) in [6.07, 6.45) is 0. The van der Waals surface area contributed by atoms with Crippen molar-refractivity contribution in [3.05, 3.63) is 18.2 Å². The number of ether oxygens (including phenoxy) is 2. The van der Waals surface area contributed by atoms with E-state index in [1.54, 1.807) is 0 Å². The first kappa shape index (κ1) is 11.6. The predicted molar refractivity (Wildman–Crippen MR) is 54.3 cm³/mol. The topological polar surface area (TPSA) is 30.8 Å². The van der Waals surface area contributed by atoms with E-state index >= 15 is 0 Å². The summed E-state index contributed by atoms with van der Waals surface area (Å²) in [6.45, 7) is -2.87. The molecule has 0 bridgehead atoms. The second-order valence-electron chi connectivity index (χ2n) is 2.42. The maximum Gasteiger partial charge on any atom is 0.387 e. The standard InChI is InChI=1S/C9H7F2NO2S/c1-13-8-3-2-6(14-9(10)11)4-7(8)12-5-15/h2-4,9H,1H3. The molecule has 0 unspecified atom stereocenters. The van der Waals surface area contributed by atoms with Crippen LogP contribution >= 0.6 is 12.2 Å². The number of isothiocyanates is 1. The van der Waals surface area contributed by atoms with Gasteiger partial charge in [0.25, 0.3) is 0 Å². The van der Waals surface area contributed by atoms with Crippen molar-refractivity contribution in [1.82, 2.24) is 0 Å². The van der Waals surface area contributed by atoms with E-state index in [2.05, 4.69) is 27.1 Å². The number of hydrogen-bond acceptors (Lipinski definition) is 4. The number of halogens is 2. The molecule has 0 saturated heterocycles. The third-order valence-corrected chi connectivity index (χ3v) is 1.63. The van der Waals surface area contributed by atoms with E-state index in [1.165, 1.54) is 25.3 Å². The van der Waals surface area contributed by atoms with Crippen molar-refractivity contribution in [1.29, 1.82) is 0 Å². The molecule has 6 heteroatoms. The maximum absolute atomic E-state index is 11.9. The lowest BCUT2D eigenvalue weighted by Crippen LogP contribution is -2.01. The molecule has 0 spiro atoms. The molecule has 0 heterocycles. The van der Waals surface area contributed by atoms with Gasteiger partial charge in [-0.05, 0) is 24.4 Å². The van der Waals surface area contributed by atoms with Crippen molar-refractivity contribution in [3.8, 4) is 11.5 Å². The van der Waals surface area contributed by atoms with E-state index in [-0.39, 0.29) is 5.75 Å². The molecule has 15 heavy (non-hydrogen) atoms. The van der Waals surface area contributed by atoms with Crippen LogP contribution in [0.5, 0.6) is 11.5 Å². The van der Waals surface area contributed by atoms with Gasteiger partial charge in [0.05, 0.1) is 12.3 Å². The zero-order chi connectivity index (χ0) is 11.3. The minimum Gasteiger partial charge on any atom is -0.494 e. The highest BCUT2D eigenvalue weighted by Crippen LogP contribution is 2.31. The van der Waals surface area contributed by atoms with Crippen molar-refractivity contribution >= 4 is 23.1 Å². The Kier molecular flexibility index (Phi) is 4.15. The zero-order valence-electron chi connectivity index (χ0n) is 7.74. The Morgan fingerprint density at radius 1 is 1.47 bits per heavy atom. The summed E-state index contributed by atoms with van der Waals surface area (Å²) in [5.41, 5.74) is 0.297. The fraction of sp³-hybridized carbons (Fsp3) is 0.222. The molecule has 80 valence electrons. The first-order valence-electron chi connectivity index (χ1n) is 3.88. The van der Waals surface area contributed by atoms with E-state index in [4.69, 9.17) is 4.74 Å². The van der Waals surface area contributed by atoms with E-state index in [1.807, 2.05) is 0 Å². The summed E-state index contributed by atoms with van der Waals surface area (Å²) in [7, 11) is 1.44. The number of benzene rings is 1. The molecule has 0 aliphatic carbocycles. The highest BCUT2D eigenvalue weighted by atomic mass is 32.1. The van der Waals surface area contributed by atoms with Crippen LogP contribution in [0.25, 0.3) is 0 Å². The highest BCUT2D eigenvalue weighted by molar-refractivity contribution is 7.78. The highest BCUT2D eigenvalue weighted by Gasteiger charge is 2.08. The number of rotatable bonds is 4. The Bertz CT molecular complexity index is 392. The van der Waals surface area contributed by atoms with Crippen LogP contribution in [0, 0.1) is 0 Å². The number of nitrogens with zero attached hydrogens (tertiary/aromatic N) is 1. The van der Waals surface area contributed by atoms with E-state index in [9.17, 15) is 8.78 Å². The van der Waals surface area contributed by atoms with Gasteiger partial charge in [-0.1, -0.05) is 0 Å². The molecule has 1 aromatic carbocycles. The average molecular weight is 231 g/mol. The first-order valence-corrected chi connectivity index (χ1v) is 4.29. The number of methoxy groups -OCH3 is 1. The van der Waals surface area contributed by atoms with E-state index in [0.29, 0.717) is 11.4 Å². The number of alkyl halides is 2. The van der Waals surface area contributed by atoms with Crippen LogP contribution in [0.15, 0.2) is 23.2 Å². The molecule has 1 aromatic rings. The molecule has 0 fully saturated rings. The fourth-order valence-corrected chi connectivity index (χ4v) is 1.08. The van der Waals surface area contributed by atoms with Gasteiger partial charge < -0.3 is 9.47 Å². The monoisotopic (exact) mass is 231 g/mol. The molecule has 0 N–H and O–H groups in total. The van der Waals surface area contributed by atoms with Gasteiger partial charge in [0, 0.05) is 6.07 Å². The lowest BCUT2D eigenvalue weighted by atomic mass is 10.3. The largest absolute Gasteiger partial charge is 0.494 e. The van der Waals surface area contributed by atoms with Crippen LogP contribution in [0.1, 0.15) is 0 Å². The third-order valence-electron chi connectivity index (χ3n) is 1.54. The number of thiocarbonyl (C=S) groups is 1. The van der Waals surface area contributed by atoms with Gasteiger partial charge in [0.15, 0.2) is 0 Å². The predicted octanol–water partition coefficient (Wildman–Crippen LogP) is 3.03. The van der Waals surface area contributed by atoms with Crippen molar-refractivity contribution in [2.45, 2.75) is 6.61 Å². The van der Waals surface area contributed by atoms with Gasteiger partial charge in [0.2, 0.25) is 0 Å². The molecule has 0 amide bonds. The molecular weight excluding hydrogens is 224 g/mol. The van der Waals surface area contributed by atoms with Crippen LogP contribution in [0.3, 0.4) is 0 Å². The molecule has 0 radical (unpaired) electrons. The third kappa shape index (κ3) is 3.27. The van der Waals surface area contributed by atoms with Crippen molar-refractivity contribution in [2.24, 2.45) is 4.99 Å². The Hall–Kier alpha value is -1.52. The zero-order valence-corrected chi connectivity index (χ0v) is 8.55. The summed E-state index contributed by atoms with van der Waals surface area (Å²) >= 11 is 4.41. The lowest BCUT2D eigenvalue weighted by Gasteiger charge is -2.07. The minimum absolute atomic E-state index is 0.00481. The molecular formula is C9H7F2NO2S. The summed E-state index contributed by atoms with van der Waals surface area (Å²) in [6, 6.07) is 4.11. The molecule has 3 nitrogen and oxygen atoms in total. The van der Waals surface area contributed by atoms with Crippen molar-refractivity contribution in [2.75, 3.05) is 7.11 Å². The molecule has 0 saturated carbocycles. The Morgan fingerprint density at radius 3 is 2.73 bits per heavy atom. The van der Waals surface area contributed by atoms with Crippen LogP contribution in [0.2, 0.25) is 0 Å². The maximum atomic E-state index is 11.9. The molecule has 0 aromatic heterocycles. The smallest absolute Gasteiger partial charge is 0.387 e. The van der Waals surface area contributed by atoms with Crippen LogP contribution in [-0.4, -0.2) is 18.9 Å². The van der Waals surface area contributed by atoms with Gasteiger partial charge >= 0.3 is 6.61 Å². The van der Waals surface area contributed by atoms with Crippen molar-refractivity contribution in [3.63, 3.8) is 0 Å². The van der Waals surface area contributed by atoms with Gasteiger partial charge in [-0.25, -0.2) is 0 Å². The SMILES string of the molecule is COc1ccc(OC(F)F)cc1N=C=S. The summed E-state index contributed by atoms with van der Waals surface area (Å²) in [4.78, 5) is 3.66. The fourth-order valence-electron chi connectivity index (χ4n) is 0.983. The second kappa shape index (κ2) is 5.38. The number of hydrogen-bond donors (Lipinski definition) is 0. The van der Waals surface area contributed by atoms with Gasteiger partial charge in [-0.2, -0.15) is 13.8 Å². The Labute approximate surface area is 90.3 Å². The molecule has 0 aliphatic heterocycles. The molecule has 1 rings (SSSR count). The Morgan fingerprint density at radius 2 is 2.20 bits per heavy atom. The van der Waals surface area contributed by atoms with Crippen LogP contribution in [0.4, 0.5) is 14.5 Å². The lowest BCUT2D eigenvalue weighted by molar-refractivity contribution is -0.0498. The Balaban J connectivity index is 3.04. The van der Waals surface area contributed by atoms with Gasteiger partial charge in [0.1, 0.15) is 17.2 Å². The van der Waals surface area contributed by atoms with Crippen LogP contribution < -0.4 is 9.47 Å². The first-order chi connectivity index (χ1) is 7.17. The molecule has 0 atom stereocenters. The van der Waals surface area contributed by atoms with E-state index < -0.39 is 6.61 Å². The summed E-state index contributed by atoms with van der Waals surface area (Å²) in [5.74, 6) is 0.406. The number of aliphatic imine (C=N–C) groups is 1. The van der Waals surface area contributed by atoms with Gasteiger partial charge in [-0.15, -0.1) is 0 Å². The van der Waals surface area contributed by atoms with Gasteiger partial charge in [-0.3, -0.25) is 0 Å². The summed E-state index contributed by atoms with van der Waals surface area (Å²) in [5, 5.41) is 2.12. The molecule has 0 aliphatic rings. The minimum atomic E-state index is -2.87. The normalized spacial score (nSPS) is 9.60. The van der Waals surface area contributed by atoms with E-state index in [0.717, 1.165) is 0 Å². The van der Waals surface area contributed by atoms with Crippen LogP contribution in [-0.2, 0) is 0 Å². The quantitative estimate of drug-likeness (QED) is 0.589. The average Bonchev–Trinajstić information content (AvgIpc) is 2.18. The second-order valence-corrected chi connectivity index (χ2v) is 2.60. The summed E-state index contributed by atoms with van der Waals surface area (Å²) < 4.78 is 32.9.